The Morgan fingerprint density at radius 2 is 2.21 bits per heavy atom. The maximum absolute atomic E-state index is 11.0. The molecule has 122 valence electrons. The number of benzene rings is 1. The van der Waals surface area contributed by atoms with Crippen LogP contribution in [0.25, 0.3) is 5.65 Å². The molecule has 1 atom stereocenters. The monoisotopic (exact) mass is 341 g/mol. The molecule has 1 unspecified atom stereocenters. The van der Waals surface area contributed by atoms with Crippen LogP contribution in [-0.4, -0.2) is 25.1 Å². The molecule has 3 heterocycles. The minimum atomic E-state index is -0.355. The zero-order valence-corrected chi connectivity index (χ0v) is 13.8. The number of hydrogen-bond donors (Lipinski definition) is 0. The van der Waals surface area contributed by atoms with Crippen molar-refractivity contribution in [2.45, 2.75) is 26.1 Å². The van der Waals surface area contributed by atoms with Gasteiger partial charge in [-0.15, -0.1) is 0 Å². The second-order valence-corrected chi connectivity index (χ2v) is 6.31. The molecule has 0 spiro atoms. The third kappa shape index (κ3) is 2.26. The maximum atomic E-state index is 11.0. The number of fused-ring (bicyclic) bond motifs is 2. The van der Waals surface area contributed by atoms with Crippen LogP contribution in [0.5, 0.6) is 0 Å². The van der Waals surface area contributed by atoms with Crippen LogP contribution in [0.3, 0.4) is 0 Å². The van der Waals surface area contributed by atoms with Gasteiger partial charge in [-0.25, -0.2) is 4.68 Å². The molecule has 0 radical (unpaired) electrons. The Labute approximate surface area is 142 Å². The molecule has 0 bridgehead atoms. The van der Waals surface area contributed by atoms with Crippen LogP contribution in [-0.2, 0) is 13.1 Å². The van der Waals surface area contributed by atoms with E-state index in [4.69, 9.17) is 12.2 Å². The summed E-state index contributed by atoms with van der Waals surface area (Å²) >= 11 is 5.50. The molecule has 0 amide bonds. The van der Waals surface area contributed by atoms with Gasteiger partial charge in [0.1, 0.15) is 6.67 Å². The summed E-state index contributed by atoms with van der Waals surface area (Å²) in [6.07, 6.45) is 2.67. The van der Waals surface area contributed by atoms with Crippen molar-refractivity contribution in [3.63, 3.8) is 0 Å². The molecule has 0 aliphatic carbocycles. The van der Waals surface area contributed by atoms with E-state index in [1.54, 1.807) is 16.8 Å². The zero-order chi connectivity index (χ0) is 16.8. The summed E-state index contributed by atoms with van der Waals surface area (Å²) in [5.41, 5.74) is 2.93. The van der Waals surface area contributed by atoms with Gasteiger partial charge in [0.05, 0.1) is 4.92 Å². The summed E-state index contributed by atoms with van der Waals surface area (Å²) < 4.78 is 4.29. The van der Waals surface area contributed by atoms with E-state index in [-0.39, 0.29) is 16.7 Å². The van der Waals surface area contributed by atoms with Crippen molar-refractivity contribution in [1.29, 1.82) is 0 Å². The summed E-state index contributed by atoms with van der Waals surface area (Å²) in [5, 5.41) is 15.5. The summed E-state index contributed by atoms with van der Waals surface area (Å²) in [6, 6.07) is 11.0. The van der Waals surface area contributed by atoms with E-state index in [9.17, 15) is 10.1 Å². The van der Waals surface area contributed by atoms with E-state index in [1.807, 2.05) is 34.9 Å². The van der Waals surface area contributed by atoms with E-state index in [0.717, 1.165) is 23.3 Å². The molecule has 1 aromatic carbocycles. The largest absolute Gasteiger partial charge is 0.349 e. The van der Waals surface area contributed by atoms with Crippen molar-refractivity contribution in [3.8, 4) is 0 Å². The average Bonchev–Trinajstić information content (AvgIpc) is 3.05. The topological polar surface area (TPSA) is 68.6 Å². The molecule has 24 heavy (non-hydrogen) atoms. The number of rotatable bonds is 3. The lowest BCUT2D eigenvalue weighted by atomic mass is 10.1. The van der Waals surface area contributed by atoms with Crippen molar-refractivity contribution in [2.75, 3.05) is 4.90 Å². The van der Waals surface area contributed by atoms with Gasteiger partial charge in [-0.2, -0.15) is 5.10 Å². The Balaban J connectivity index is 1.71. The normalized spacial score (nSPS) is 16.5. The molecule has 0 N–H and O–H groups in total. The number of anilines is 1. The van der Waals surface area contributed by atoms with Crippen molar-refractivity contribution in [2.24, 2.45) is 0 Å². The van der Waals surface area contributed by atoms with Gasteiger partial charge in [0.25, 0.3) is 5.69 Å². The van der Waals surface area contributed by atoms with Crippen LogP contribution in [0.15, 0.2) is 42.6 Å². The molecule has 2 aromatic heterocycles. The first kappa shape index (κ1) is 14.8. The van der Waals surface area contributed by atoms with Crippen molar-refractivity contribution < 1.29 is 4.92 Å². The highest BCUT2D eigenvalue weighted by molar-refractivity contribution is 7.71. The minimum absolute atomic E-state index is 0.132. The lowest BCUT2D eigenvalue weighted by Crippen LogP contribution is -2.32. The Morgan fingerprint density at radius 1 is 1.38 bits per heavy atom. The molecule has 0 fully saturated rings. The van der Waals surface area contributed by atoms with Crippen LogP contribution in [0.2, 0.25) is 0 Å². The average molecular weight is 341 g/mol. The smallest absolute Gasteiger partial charge is 0.269 e. The fourth-order valence-corrected chi connectivity index (χ4v) is 3.47. The van der Waals surface area contributed by atoms with Crippen LogP contribution < -0.4 is 4.90 Å². The summed E-state index contributed by atoms with van der Waals surface area (Å²) in [5.74, 6) is 0. The first-order valence-corrected chi connectivity index (χ1v) is 8.03. The Morgan fingerprint density at radius 3 is 2.96 bits per heavy atom. The quantitative estimate of drug-likeness (QED) is 0.416. The second kappa shape index (κ2) is 5.41. The van der Waals surface area contributed by atoms with Gasteiger partial charge in [-0.3, -0.25) is 14.5 Å². The predicted molar refractivity (Wildman–Crippen MR) is 92.8 cm³/mol. The second-order valence-electron chi connectivity index (χ2n) is 5.95. The third-order valence-electron chi connectivity index (χ3n) is 4.41. The van der Waals surface area contributed by atoms with E-state index in [2.05, 4.69) is 16.9 Å². The first-order chi connectivity index (χ1) is 11.5. The highest BCUT2D eigenvalue weighted by atomic mass is 32.1. The van der Waals surface area contributed by atoms with Gasteiger partial charge < -0.3 is 4.90 Å². The molecule has 0 saturated heterocycles. The first-order valence-electron chi connectivity index (χ1n) is 7.63. The number of pyridine rings is 1. The predicted octanol–water partition coefficient (Wildman–Crippen LogP) is 3.18. The van der Waals surface area contributed by atoms with Gasteiger partial charge in [0.15, 0.2) is 5.65 Å². The van der Waals surface area contributed by atoms with Gasteiger partial charge in [0, 0.05) is 30.1 Å². The van der Waals surface area contributed by atoms with Crippen LogP contribution in [0.1, 0.15) is 12.5 Å². The molecular formula is C16H15N5O2S. The summed E-state index contributed by atoms with van der Waals surface area (Å²) in [7, 11) is 0. The third-order valence-corrected chi connectivity index (χ3v) is 4.81. The number of nitro groups is 1. The fourth-order valence-electron chi connectivity index (χ4n) is 3.22. The Bertz CT molecular complexity index is 1010. The standard InChI is InChI=1S/C16H15N5O2S/c1-11-8-12-9-13(21(22)23)5-6-14(12)19(11)10-20-16(24)18-7-3-2-4-15(18)17-20/h2-7,9,11H,8,10H2,1H3. The summed E-state index contributed by atoms with van der Waals surface area (Å²) in [6.45, 7) is 2.62. The molecule has 3 aromatic rings. The molecule has 7 nitrogen and oxygen atoms in total. The zero-order valence-electron chi connectivity index (χ0n) is 13.0. The van der Waals surface area contributed by atoms with Gasteiger partial charge in [-0.1, -0.05) is 6.07 Å². The maximum Gasteiger partial charge on any atom is 0.269 e. The Kier molecular flexibility index (Phi) is 3.34. The minimum Gasteiger partial charge on any atom is -0.349 e. The highest BCUT2D eigenvalue weighted by Crippen LogP contribution is 2.34. The van der Waals surface area contributed by atoms with Crippen LogP contribution in [0, 0.1) is 14.9 Å². The lowest BCUT2D eigenvalue weighted by molar-refractivity contribution is -0.384. The highest BCUT2D eigenvalue weighted by Gasteiger charge is 2.28. The molecular weight excluding hydrogens is 326 g/mol. The van der Waals surface area contributed by atoms with Crippen LogP contribution in [0.4, 0.5) is 11.4 Å². The van der Waals surface area contributed by atoms with Crippen molar-refractivity contribution >= 4 is 29.2 Å². The van der Waals surface area contributed by atoms with Gasteiger partial charge >= 0.3 is 0 Å². The number of nitro benzene ring substituents is 1. The number of non-ortho nitro benzene ring substituents is 1. The fraction of sp³-hybridized carbons (Fsp3) is 0.250. The summed E-state index contributed by atoms with van der Waals surface area (Å²) in [4.78, 5) is 12.8. The van der Waals surface area contributed by atoms with E-state index >= 15 is 0 Å². The van der Waals surface area contributed by atoms with E-state index in [0.29, 0.717) is 11.4 Å². The Hall–Kier alpha value is -2.74. The molecule has 1 aliphatic heterocycles. The molecule has 1 aliphatic rings. The van der Waals surface area contributed by atoms with Crippen LogP contribution >= 0.6 is 12.2 Å². The van der Waals surface area contributed by atoms with E-state index in [1.165, 1.54) is 0 Å². The lowest BCUT2D eigenvalue weighted by Gasteiger charge is -2.24. The van der Waals surface area contributed by atoms with Crippen molar-refractivity contribution in [3.05, 3.63) is 63.0 Å². The number of aromatic nitrogens is 3. The van der Waals surface area contributed by atoms with Crippen molar-refractivity contribution in [1.82, 2.24) is 14.2 Å². The van der Waals surface area contributed by atoms with E-state index < -0.39 is 0 Å². The number of hydrogen-bond acceptors (Lipinski definition) is 5. The number of nitrogens with zero attached hydrogens (tertiary/aromatic N) is 5. The van der Waals surface area contributed by atoms with Gasteiger partial charge in [0.2, 0.25) is 4.77 Å². The molecule has 4 rings (SSSR count). The SMILES string of the molecule is CC1Cc2cc([N+](=O)[O-])ccc2N1Cn1nc2ccccn2c1=S. The van der Waals surface area contributed by atoms with Gasteiger partial charge in [-0.05, 0) is 49.3 Å². The molecule has 0 saturated carbocycles. The molecule has 8 heteroatoms.